The first-order valence-corrected chi connectivity index (χ1v) is 7.00. The van der Waals surface area contributed by atoms with Crippen LogP contribution in [0.15, 0.2) is 18.2 Å². The molecule has 3 nitrogen and oxygen atoms in total. The molecule has 74 valence electrons. The maximum Gasteiger partial charge on any atom is 0.498 e. The Kier molecular flexibility index (Phi) is 1.78. The van der Waals surface area contributed by atoms with Gasteiger partial charge in [-0.1, -0.05) is 18.2 Å². The molecule has 4 heteroatoms. The highest BCUT2D eigenvalue weighted by Crippen LogP contribution is 2.26. The van der Waals surface area contributed by atoms with Crippen molar-refractivity contribution in [2.45, 2.75) is 26.4 Å². The smallest absolute Gasteiger partial charge is 0.369 e. The maximum absolute atomic E-state index is 5.70. The summed E-state index contributed by atoms with van der Waals surface area (Å²) >= 11 is 0. The fourth-order valence-corrected chi connectivity index (χ4v) is 3.39. The molecule has 0 N–H and O–H groups in total. The second kappa shape index (κ2) is 2.90. The van der Waals surface area contributed by atoms with Crippen LogP contribution in [-0.4, -0.2) is 8.80 Å². The van der Waals surface area contributed by atoms with E-state index in [2.05, 4.69) is 18.2 Å². The Bertz CT molecular complexity index is 310. The zero-order valence-electron chi connectivity index (χ0n) is 8.08. The molecule has 1 aromatic carbocycles. The summed E-state index contributed by atoms with van der Waals surface area (Å²) < 4.78 is 17.1. The van der Waals surface area contributed by atoms with Gasteiger partial charge in [0.25, 0.3) is 0 Å². The SMILES string of the molecule is C[Si]12OCc3cc(cc(c3)CO1)CO2. The van der Waals surface area contributed by atoms with Crippen LogP contribution in [0.25, 0.3) is 0 Å². The Labute approximate surface area is 84.0 Å². The lowest BCUT2D eigenvalue weighted by Crippen LogP contribution is -2.43. The van der Waals surface area contributed by atoms with E-state index in [-0.39, 0.29) is 0 Å². The number of benzene rings is 1. The third-order valence-corrected chi connectivity index (χ3v) is 4.62. The first-order chi connectivity index (χ1) is 6.73. The fraction of sp³-hybridized carbons (Fsp3) is 0.400. The Morgan fingerprint density at radius 3 is 1.57 bits per heavy atom. The summed E-state index contributed by atoms with van der Waals surface area (Å²) in [5.74, 6) is 0. The lowest BCUT2D eigenvalue weighted by molar-refractivity contribution is 0.0415. The lowest BCUT2D eigenvalue weighted by atomic mass is 10.1. The molecular weight excluding hydrogens is 196 g/mol. The summed E-state index contributed by atoms with van der Waals surface area (Å²) in [6, 6.07) is 6.42. The van der Waals surface area contributed by atoms with Crippen molar-refractivity contribution in [2.24, 2.45) is 0 Å². The molecule has 0 aliphatic carbocycles. The molecular formula is C10H12O3Si. The average Bonchev–Trinajstić information content (AvgIpc) is 2.18. The first kappa shape index (κ1) is 8.61. The van der Waals surface area contributed by atoms with Gasteiger partial charge in [-0.15, -0.1) is 0 Å². The van der Waals surface area contributed by atoms with Gasteiger partial charge in [0.05, 0.1) is 19.8 Å². The van der Waals surface area contributed by atoms with Gasteiger partial charge in [-0.25, -0.2) is 0 Å². The van der Waals surface area contributed by atoms with E-state index in [1.807, 2.05) is 6.55 Å². The van der Waals surface area contributed by atoms with E-state index in [4.69, 9.17) is 13.3 Å². The van der Waals surface area contributed by atoms with Crippen molar-refractivity contribution in [3.8, 4) is 0 Å². The van der Waals surface area contributed by atoms with Gasteiger partial charge in [0.1, 0.15) is 0 Å². The van der Waals surface area contributed by atoms with Crippen LogP contribution < -0.4 is 0 Å². The first-order valence-electron chi connectivity index (χ1n) is 4.77. The van der Waals surface area contributed by atoms with Crippen LogP contribution in [0.5, 0.6) is 0 Å². The molecule has 0 amide bonds. The second-order valence-corrected chi connectivity index (χ2v) is 6.48. The summed E-state index contributed by atoms with van der Waals surface area (Å²) in [5.41, 5.74) is 3.72. The van der Waals surface area contributed by atoms with Crippen molar-refractivity contribution in [3.05, 3.63) is 34.9 Å². The van der Waals surface area contributed by atoms with Crippen LogP contribution in [0, 0.1) is 0 Å². The number of hydrogen-bond donors (Lipinski definition) is 0. The molecule has 0 spiro atoms. The van der Waals surface area contributed by atoms with E-state index in [9.17, 15) is 0 Å². The predicted molar refractivity (Wildman–Crippen MR) is 52.4 cm³/mol. The van der Waals surface area contributed by atoms with Gasteiger partial charge >= 0.3 is 8.80 Å². The molecule has 3 aliphatic rings. The summed E-state index contributed by atoms with van der Waals surface area (Å²) in [5, 5.41) is 0. The molecule has 14 heavy (non-hydrogen) atoms. The minimum absolute atomic E-state index is 0.615. The van der Waals surface area contributed by atoms with Crippen LogP contribution >= 0.6 is 0 Å². The predicted octanol–water partition coefficient (Wildman–Crippen LogP) is 1.83. The molecule has 0 aromatic heterocycles. The molecule has 0 saturated carbocycles. The van der Waals surface area contributed by atoms with Gasteiger partial charge in [-0.05, 0) is 16.7 Å². The molecule has 4 rings (SSSR count). The minimum Gasteiger partial charge on any atom is -0.369 e. The zero-order valence-corrected chi connectivity index (χ0v) is 9.08. The van der Waals surface area contributed by atoms with Crippen LogP contribution in [0.3, 0.4) is 0 Å². The van der Waals surface area contributed by atoms with Crippen molar-refractivity contribution in [2.75, 3.05) is 0 Å². The van der Waals surface area contributed by atoms with E-state index in [1.165, 1.54) is 16.7 Å². The van der Waals surface area contributed by atoms with Gasteiger partial charge in [-0.2, -0.15) is 0 Å². The highest BCUT2D eigenvalue weighted by molar-refractivity contribution is 6.59. The van der Waals surface area contributed by atoms with Crippen molar-refractivity contribution < 1.29 is 13.3 Å². The van der Waals surface area contributed by atoms with Crippen LogP contribution in [-0.2, 0) is 33.1 Å². The fourth-order valence-electron chi connectivity index (χ4n) is 1.86. The molecule has 1 aromatic rings. The monoisotopic (exact) mass is 208 g/mol. The van der Waals surface area contributed by atoms with Gasteiger partial charge in [-0.3, -0.25) is 0 Å². The largest absolute Gasteiger partial charge is 0.498 e. The van der Waals surface area contributed by atoms with E-state index < -0.39 is 8.80 Å². The molecule has 0 fully saturated rings. The van der Waals surface area contributed by atoms with Gasteiger partial charge < -0.3 is 13.3 Å². The Morgan fingerprint density at radius 2 is 1.21 bits per heavy atom. The minimum atomic E-state index is -2.34. The van der Waals surface area contributed by atoms with Crippen molar-refractivity contribution in [1.29, 1.82) is 0 Å². The third-order valence-electron chi connectivity index (χ3n) is 2.62. The van der Waals surface area contributed by atoms with Crippen molar-refractivity contribution in [3.63, 3.8) is 0 Å². The van der Waals surface area contributed by atoms with Crippen molar-refractivity contribution in [1.82, 2.24) is 0 Å². The number of fused-ring (bicyclic) bond motifs is 3. The van der Waals surface area contributed by atoms with Crippen LogP contribution in [0.1, 0.15) is 16.7 Å². The Hall–Kier alpha value is -0.683. The number of rotatable bonds is 0. The summed E-state index contributed by atoms with van der Waals surface area (Å²) in [7, 11) is -2.34. The van der Waals surface area contributed by atoms with Crippen LogP contribution in [0.4, 0.5) is 0 Å². The molecule has 0 radical (unpaired) electrons. The molecule has 0 atom stereocenters. The molecule has 0 unspecified atom stereocenters. The Balaban J connectivity index is 2.14. The second-order valence-electron chi connectivity index (χ2n) is 3.89. The molecule has 3 heterocycles. The summed E-state index contributed by atoms with van der Waals surface area (Å²) in [6.07, 6.45) is 0. The summed E-state index contributed by atoms with van der Waals surface area (Å²) in [4.78, 5) is 0. The quantitative estimate of drug-likeness (QED) is 0.609. The van der Waals surface area contributed by atoms with E-state index >= 15 is 0 Å². The molecule has 0 saturated heterocycles. The maximum atomic E-state index is 5.70. The van der Waals surface area contributed by atoms with Gasteiger partial charge in [0.2, 0.25) is 0 Å². The van der Waals surface area contributed by atoms with Crippen LogP contribution in [0.2, 0.25) is 6.55 Å². The normalized spacial score (nSPS) is 22.9. The highest BCUT2D eigenvalue weighted by atomic mass is 28.4. The summed E-state index contributed by atoms with van der Waals surface area (Å²) in [6.45, 7) is 3.80. The zero-order chi connectivity index (χ0) is 9.60. The highest BCUT2D eigenvalue weighted by Gasteiger charge is 2.37. The number of hydrogen-bond acceptors (Lipinski definition) is 3. The lowest BCUT2D eigenvalue weighted by Gasteiger charge is -2.31. The topological polar surface area (TPSA) is 27.7 Å². The van der Waals surface area contributed by atoms with Gasteiger partial charge in [0.15, 0.2) is 0 Å². The van der Waals surface area contributed by atoms with E-state index in [1.54, 1.807) is 0 Å². The molecule has 4 bridgehead atoms. The van der Waals surface area contributed by atoms with E-state index in [0.717, 1.165) is 0 Å². The molecule has 3 aliphatic heterocycles. The van der Waals surface area contributed by atoms with Gasteiger partial charge in [0, 0.05) is 6.55 Å². The van der Waals surface area contributed by atoms with E-state index in [0.29, 0.717) is 19.8 Å². The Morgan fingerprint density at radius 1 is 0.857 bits per heavy atom. The van der Waals surface area contributed by atoms with Crippen molar-refractivity contribution >= 4 is 8.80 Å². The third kappa shape index (κ3) is 1.40. The average molecular weight is 208 g/mol. The standard InChI is InChI=1S/C10H12O3Si/c1-14-11-5-8-2-9(6-12-14)4-10(3-8)7-13-14/h2-4H,5-7H2,1H3.